The number of aromatic nitrogens is 1. The van der Waals surface area contributed by atoms with Crippen molar-refractivity contribution in [1.82, 2.24) is 14.4 Å². The molecule has 3 aromatic carbocycles. The smallest absolute Gasteiger partial charge is 0.410 e. The number of para-hydroxylation sites is 1. The Kier molecular flexibility index (Phi) is 12.0. The molecule has 8 nitrogen and oxygen atoms in total. The van der Waals surface area contributed by atoms with Gasteiger partial charge in [-0.3, -0.25) is 4.79 Å². The largest absolute Gasteiger partial charge is 0.444 e. The summed E-state index contributed by atoms with van der Waals surface area (Å²) in [4.78, 5) is 33.3. The van der Waals surface area contributed by atoms with Crippen LogP contribution in [0.3, 0.4) is 0 Å². The number of hydrogen-bond acceptors (Lipinski definition) is 5. The maximum absolute atomic E-state index is 15.5. The van der Waals surface area contributed by atoms with Gasteiger partial charge in [0.1, 0.15) is 11.4 Å². The molecule has 0 bridgehead atoms. The number of carbonyl (C=O) groups excluding carboxylic acids is 2. The van der Waals surface area contributed by atoms with Crippen molar-refractivity contribution in [2.75, 3.05) is 26.8 Å². The highest BCUT2D eigenvalue weighted by atomic mass is 28.4. The van der Waals surface area contributed by atoms with Crippen molar-refractivity contribution in [2.24, 2.45) is 5.92 Å². The number of benzene rings is 3. The normalized spacial score (nSPS) is 19.5. The summed E-state index contributed by atoms with van der Waals surface area (Å²) >= 11 is 0. The van der Waals surface area contributed by atoms with Gasteiger partial charge in [0.25, 0.3) is 0 Å². The van der Waals surface area contributed by atoms with Crippen LogP contribution in [0.5, 0.6) is 0 Å². The summed E-state index contributed by atoms with van der Waals surface area (Å²) in [7, 11) is -0.699. The Morgan fingerprint density at radius 1 is 0.909 bits per heavy atom. The average Bonchev–Trinajstić information content (AvgIpc) is 3.91. The van der Waals surface area contributed by atoms with Crippen molar-refractivity contribution >= 4 is 31.2 Å². The number of nitrogens with zero attached hydrogens (tertiary/aromatic N) is 3. The SMILES string of the molecule is COCCCn1cc(CN(C(=O)[C@H]2CN(C(=O)OC(C)(C)C)C[C@@H](O[Si](C)(C)C(C)(C)C)[C@@H]2c2cccc(-c3ccc(F)cc3)c2)C2CC2)c2ccccc21. The van der Waals surface area contributed by atoms with Crippen molar-refractivity contribution in [3.63, 3.8) is 0 Å². The van der Waals surface area contributed by atoms with E-state index in [0.717, 1.165) is 59.0 Å². The van der Waals surface area contributed by atoms with Gasteiger partial charge in [0, 0.05) is 69.0 Å². The van der Waals surface area contributed by atoms with Crippen LogP contribution in [0.4, 0.5) is 9.18 Å². The second kappa shape index (κ2) is 16.2. The number of amides is 2. The van der Waals surface area contributed by atoms with E-state index >= 15 is 4.79 Å². The molecule has 0 N–H and O–H groups in total. The molecule has 1 aliphatic carbocycles. The predicted molar refractivity (Wildman–Crippen MR) is 220 cm³/mol. The second-order valence-electron chi connectivity index (χ2n) is 18.0. The first kappa shape index (κ1) is 40.7. The van der Waals surface area contributed by atoms with Crippen LogP contribution in [0.15, 0.2) is 79.0 Å². The van der Waals surface area contributed by atoms with Crippen molar-refractivity contribution < 1.29 is 27.9 Å². The zero-order chi connectivity index (χ0) is 39.7. The summed E-state index contributed by atoms with van der Waals surface area (Å²) < 4.78 is 34.9. The van der Waals surface area contributed by atoms with E-state index < -0.39 is 32.0 Å². The molecule has 0 radical (unpaired) electrons. The van der Waals surface area contributed by atoms with Crippen LogP contribution in [0.1, 0.15) is 77.8 Å². The first-order valence-electron chi connectivity index (χ1n) is 19.8. The lowest BCUT2D eigenvalue weighted by molar-refractivity contribution is -0.141. The number of hydrogen-bond donors (Lipinski definition) is 0. The Hall–Kier alpha value is -3.99. The molecule has 55 heavy (non-hydrogen) atoms. The van der Waals surface area contributed by atoms with E-state index in [1.165, 1.54) is 12.1 Å². The fourth-order valence-corrected chi connectivity index (χ4v) is 8.92. The highest BCUT2D eigenvalue weighted by Gasteiger charge is 2.50. The number of piperidine rings is 1. The Bertz CT molecular complexity index is 1960. The van der Waals surface area contributed by atoms with Crippen molar-refractivity contribution in [3.05, 3.63) is 95.9 Å². The van der Waals surface area contributed by atoms with Crippen LogP contribution in [0.2, 0.25) is 18.1 Å². The van der Waals surface area contributed by atoms with Gasteiger partial charge in [-0.1, -0.05) is 75.4 Å². The van der Waals surface area contributed by atoms with Gasteiger partial charge in [-0.15, -0.1) is 0 Å². The van der Waals surface area contributed by atoms with Gasteiger partial charge in [-0.25, -0.2) is 9.18 Å². The molecule has 2 fully saturated rings. The van der Waals surface area contributed by atoms with Crippen LogP contribution < -0.4 is 0 Å². The van der Waals surface area contributed by atoms with Gasteiger partial charge >= 0.3 is 6.09 Å². The lowest BCUT2D eigenvalue weighted by Crippen LogP contribution is -2.59. The summed E-state index contributed by atoms with van der Waals surface area (Å²) in [6, 6.07) is 23.3. The van der Waals surface area contributed by atoms with E-state index in [1.807, 2.05) is 32.9 Å². The molecule has 2 heterocycles. The number of aryl methyl sites for hydroxylation is 1. The molecule has 1 aliphatic heterocycles. The third-order valence-electron chi connectivity index (χ3n) is 11.6. The molecule has 3 atom stereocenters. The Labute approximate surface area is 328 Å². The van der Waals surface area contributed by atoms with E-state index in [2.05, 4.69) is 85.9 Å². The molecule has 0 unspecified atom stereocenters. The molecule has 6 rings (SSSR count). The van der Waals surface area contributed by atoms with E-state index in [-0.39, 0.29) is 35.3 Å². The number of rotatable bonds is 12. The highest BCUT2D eigenvalue weighted by Crippen LogP contribution is 2.45. The van der Waals surface area contributed by atoms with Crippen LogP contribution in [-0.4, -0.2) is 79.2 Å². The number of halogens is 1. The third kappa shape index (κ3) is 9.52. The van der Waals surface area contributed by atoms with E-state index in [4.69, 9.17) is 13.9 Å². The minimum absolute atomic E-state index is 0.0213. The van der Waals surface area contributed by atoms with Crippen LogP contribution >= 0.6 is 0 Å². The Morgan fingerprint density at radius 3 is 2.27 bits per heavy atom. The molecular formula is C45H60FN3O5Si. The second-order valence-corrected chi connectivity index (χ2v) is 22.7. The first-order valence-corrected chi connectivity index (χ1v) is 22.7. The molecular weight excluding hydrogens is 710 g/mol. The molecule has 1 saturated carbocycles. The number of fused-ring (bicyclic) bond motifs is 1. The fraction of sp³-hybridized carbons (Fsp3) is 0.511. The van der Waals surface area contributed by atoms with Crippen LogP contribution in [-0.2, 0) is 31.8 Å². The molecule has 1 aromatic heterocycles. The zero-order valence-electron chi connectivity index (χ0n) is 34.2. The lowest BCUT2D eigenvalue weighted by atomic mass is 9.77. The lowest BCUT2D eigenvalue weighted by Gasteiger charge is -2.48. The minimum atomic E-state index is -2.42. The zero-order valence-corrected chi connectivity index (χ0v) is 35.2. The summed E-state index contributed by atoms with van der Waals surface area (Å²) in [5.41, 5.74) is 4.34. The maximum atomic E-state index is 15.5. The van der Waals surface area contributed by atoms with Gasteiger partial charge in [-0.05, 0) is 98.6 Å². The van der Waals surface area contributed by atoms with Crippen molar-refractivity contribution in [3.8, 4) is 11.1 Å². The van der Waals surface area contributed by atoms with Gasteiger partial charge in [-0.2, -0.15) is 0 Å². The van der Waals surface area contributed by atoms with Crippen LogP contribution in [0, 0.1) is 11.7 Å². The summed E-state index contributed by atoms with van der Waals surface area (Å²) in [6.45, 7) is 19.1. The topological polar surface area (TPSA) is 73.2 Å². The summed E-state index contributed by atoms with van der Waals surface area (Å²) in [6.07, 6.45) is 4.05. The van der Waals surface area contributed by atoms with E-state index in [9.17, 15) is 9.18 Å². The van der Waals surface area contributed by atoms with Gasteiger partial charge < -0.3 is 28.3 Å². The summed E-state index contributed by atoms with van der Waals surface area (Å²) in [5, 5.41) is 1.03. The Morgan fingerprint density at radius 2 is 1.62 bits per heavy atom. The van der Waals surface area contributed by atoms with Crippen molar-refractivity contribution in [1.29, 1.82) is 0 Å². The molecule has 296 valence electrons. The first-order chi connectivity index (χ1) is 26.0. The molecule has 2 amide bonds. The predicted octanol–water partition coefficient (Wildman–Crippen LogP) is 10.0. The fourth-order valence-electron chi connectivity index (χ4n) is 7.59. The van der Waals surface area contributed by atoms with Gasteiger partial charge in [0.05, 0.1) is 12.0 Å². The van der Waals surface area contributed by atoms with Crippen LogP contribution in [0.25, 0.3) is 22.0 Å². The van der Waals surface area contributed by atoms with Crippen molar-refractivity contribution in [2.45, 2.75) is 116 Å². The third-order valence-corrected chi connectivity index (χ3v) is 16.1. The molecule has 4 aromatic rings. The van der Waals surface area contributed by atoms with Gasteiger partial charge in [0.2, 0.25) is 5.91 Å². The Balaban J connectivity index is 1.44. The highest BCUT2D eigenvalue weighted by molar-refractivity contribution is 6.74. The average molecular weight is 770 g/mol. The maximum Gasteiger partial charge on any atom is 0.410 e. The number of carbonyl (C=O) groups is 2. The molecule has 10 heteroatoms. The molecule has 0 spiro atoms. The number of methoxy groups -OCH3 is 1. The van der Waals surface area contributed by atoms with E-state index in [1.54, 1.807) is 24.1 Å². The number of likely N-dealkylation sites (tertiary alicyclic amines) is 1. The quantitative estimate of drug-likeness (QED) is 0.106. The summed E-state index contributed by atoms with van der Waals surface area (Å²) in [5.74, 6) is -1.22. The minimum Gasteiger partial charge on any atom is -0.444 e. The molecule has 2 aliphatic rings. The molecule has 1 saturated heterocycles. The van der Waals surface area contributed by atoms with Gasteiger partial charge in [0.15, 0.2) is 8.32 Å². The standard InChI is InChI=1S/C45H60FN3O5Si/c1-44(2,3)53-43(51)48-29-38(42(50)49(36-22-23-36)28-34-27-47(24-13-25-52-7)39-17-11-10-16-37(34)39)41(40(30-48)54-55(8,9)45(4,5)6)33-15-12-14-32(26-33)31-18-20-35(46)21-19-31/h10-12,14-21,26-27,36,38,40-41H,13,22-25,28-30H2,1-9H3/t38-,40+,41+/m0/s1. The van der Waals surface area contributed by atoms with E-state index in [0.29, 0.717) is 19.7 Å². The number of ether oxygens (including phenoxy) is 2. The monoisotopic (exact) mass is 769 g/mol.